The molecule has 0 aliphatic carbocycles. The minimum Gasteiger partial charge on any atom is -0.497 e. The van der Waals surface area contributed by atoms with E-state index in [2.05, 4.69) is 10.3 Å². The van der Waals surface area contributed by atoms with Crippen LogP contribution in [0.3, 0.4) is 0 Å². The summed E-state index contributed by atoms with van der Waals surface area (Å²) < 4.78 is 7.00. The number of aromatic carboxylic acids is 1. The van der Waals surface area contributed by atoms with Gasteiger partial charge in [-0.05, 0) is 19.0 Å². The zero-order valence-electron chi connectivity index (χ0n) is 10.6. The average molecular weight is 261 g/mol. The van der Waals surface area contributed by atoms with Gasteiger partial charge in [0.15, 0.2) is 5.69 Å². The zero-order valence-corrected chi connectivity index (χ0v) is 10.6. The van der Waals surface area contributed by atoms with E-state index in [-0.39, 0.29) is 11.6 Å². The molecular formula is C13H15N3O3. The van der Waals surface area contributed by atoms with Gasteiger partial charge in [0.2, 0.25) is 0 Å². The Labute approximate surface area is 110 Å². The molecule has 2 aromatic rings. The zero-order chi connectivity index (χ0) is 13.4. The largest absolute Gasteiger partial charge is 0.497 e. The molecule has 0 bridgehead atoms. The summed E-state index contributed by atoms with van der Waals surface area (Å²) in [6.07, 6.45) is 2.80. The van der Waals surface area contributed by atoms with Crippen LogP contribution in [-0.2, 0) is 0 Å². The minimum absolute atomic E-state index is 0.0841. The van der Waals surface area contributed by atoms with E-state index in [0.717, 1.165) is 25.3 Å². The Kier molecular flexibility index (Phi) is 2.87. The topological polar surface area (TPSA) is 75.9 Å². The van der Waals surface area contributed by atoms with E-state index in [1.54, 1.807) is 13.2 Å². The van der Waals surface area contributed by atoms with Crippen molar-refractivity contribution in [1.82, 2.24) is 14.7 Å². The lowest BCUT2D eigenvalue weighted by Gasteiger charge is -2.07. The molecule has 0 saturated carbocycles. The molecule has 2 aromatic heterocycles. The number of hydrogen-bond acceptors (Lipinski definition) is 4. The summed E-state index contributed by atoms with van der Waals surface area (Å²) in [6.45, 7) is 1.78. The van der Waals surface area contributed by atoms with E-state index in [0.29, 0.717) is 11.3 Å². The Balaban J connectivity index is 2.20. The molecule has 0 amide bonds. The Hall–Kier alpha value is -2.08. The Morgan fingerprint density at radius 2 is 2.47 bits per heavy atom. The highest BCUT2D eigenvalue weighted by molar-refractivity contribution is 5.94. The van der Waals surface area contributed by atoms with Crippen LogP contribution in [-0.4, -0.2) is 40.7 Å². The van der Waals surface area contributed by atoms with Crippen molar-refractivity contribution >= 4 is 11.5 Å². The second-order valence-electron chi connectivity index (χ2n) is 4.64. The fraction of sp³-hybridized carbons (Fsp3) is 0.385. The lowest BCUT2D eigenvalue weighted by atomic mass is 10.1. The number of aromatic nitrogens is 2. The number of carboxylic acid groups (broad SMARTS) is 1. The number of carboxylic acids is 1. The van der Waals surface area contributed by atoms with Crippen molar-refractivity contribution in [2.24, 2.45) is 0 Å². The molecule has 1 saturated heterocycles. The lowest BCUT2D eigenvalue weighted by Crippen LogP contribution is -2.10. The molecule has 1 aliphatic heterocycles. The summed E-state index contributed by atoms with van der Waals surface area (Å²) in [5.74, 6) is 0.683. The van der Waals surface area contributed by atoms with Gasteiger partial charge >= 0.3 is 5.97 Å². The molecule has 6 nitrogen and oxygen atoms in total. The molecule has 3 rings (SSSR count). The predicted molar refractivity (Wildman–Crippen MR) is 68.9 cm³/mol. The molecule has 0 spiro atoms. The Morgan fingerprint density at radius 3 is 3.11 bits per heavy atom. The molecule has 1 unspecified atom stereocenters. The predicted octanol–water partition coefficient (Wildman–Crippen LogP) is 1.12. The number of ether oxygens (including phenoxy) is 1. The highest BCUT2D eigenvalue weighted by atomic mass is 16.5. The molecular weight excluding hydrogens is 246 g/mol. The maximum Gasteiger partial charge on any atom is 0.356 e. The third kappa shape index (κ3) is 1.94. The number of methoxy groups -OCH3 is 1. The first-order valence-electron chi connectivity index (χ1n) is 6.20. The first-order valence-corrected chi connectivity index (χ1v) is 6.20. The third-order valence-corrected chi connectivity index (χ3v) is 3.51. The summed E-state index contributed by atoms with van der Waals surface area (Å²) >= 11 is 0. The summed E-state index contributed by atoms with van der Waals surface area (Å²) in [5.41, 5.74) is 0.662. The molecule has 2 N–H and O–H groups in total. The van der Waals surface area contributed by atoms with Gasteiger partial charge in [-0.25, -0.2) is 9.78 Å². The van der Waals surface area contributed by atoms with Gasteiger partial charge < -0.3 is 19.6 Å². The van der Waals surface area contributed by atoms with Crippen molar-refractivity contribution in [3.05, 3.63) is 29.8 Å². The second-order valence-corrected chi connectivity index (χ2v) is 4.64. The molecule has 3 heterocycles. The number of nitrogens with one attached hydrogen (secondary N) is 1. The normalized spacial score (nSPS) is 18.9. The van der Waals surface area contributed by atoms with Crippen LogP contribution in [0.25, 0.3) is 5.52 Å². The monoisotopic (exact) mass is 261 g/mol. The van der Waals surface area contributed by atoms with E-state index in [4.69, 9.17) is 4.74 Å². The van der Waals surface area contributed by atoms with Crippen molar-refractivity contribution in [3.63, 3.8) is 0 Å². The van der Waals surface area contributed by atoms with Crippen molar-refractivity contribution in [1.29, 1.82) is 0 Å². The van der Waals surface area contributed by atoms with Crippen LogP contribution in [0.5, 0.6) is 5.75 Å². The fourth-order valence-electron chi connectivity index (χ4n) is 2.54. The maximum absolute atomic E-state index is 11.3. The summed E-state index contributed by atoms with van der Waals surface area (Å²) in [6, 6.07) is 3.52. The molecule has 19 heavy (non-hydrogen) atoms. The van der Waals surface area contributed by atoms with Gasteiger partial charge in [-0.3, -0.25) is 0 Å². The van der Waals surface area contributed by atoms with Crippen LogP contribution in [0.4, 0.5) is 0 Å². The molecule has 6 heteroatoms. The van der Waals surface area contributed by atoms with Crippen molar-refractivity contribution < 1.29 is 14.6 Å². The lowest BCUT2D eigenvalue weighted by molar-refractivity contribution is 0.0693. The van der Waals surface area contributed by atoms with Gasteiger partial charge in [0.05, 0.1) is 12.6 Å². The summed E-state index contributed by atoms with van der Waals surface area (Å²) in [5, 5.41) is 12.5. The Morgan fingerprint density at radius 1 is 1.63 bits per heavy atom. The maximum atomic E-state index is 11.3. The van der Waals surface area contributed by atoms with Crippen LogP contribution in [0.1, 0.15) is 28.7 Å². The van der Waals surface area contributed by atoms with Gasteiger partial charge in [-0.15, -0.1) is 0 Å². The molecule has 1 fully saturated rings. The number of nitrogens with zero attached hydrogens (tertiary/aromatic N) is 2. The molecule has 1 aliphatic rings. The highest BCUT2D eigenvalue weighted by Gasteiger charge is 2.25. The van der Waals surface area contributed by atoms with E-state index in [1.807, 2.05) is 16.7 Å². The highest BCUT2D eigenvalue weighted by Crippen LogP contribution is 2.26. The van der Waals surface area contributed by atoms with Gasteiger partial charge in [0.25, 0.3) is 0 Å². The van der Waals surface area contributed by atoms with Crippen LogP contribution < -0.4 is 10.1 Å². The first-order chi connectivity index (χ1) is 9.20. The number of rotatable bonds is 3. The SMILES string of the molecule is COc1ccn2c(C3CCNC3)nc(C(=O)O)c2c1. The van der Waals surface area contributed by atoms with Gasteiger partial charge in [-0.2, -0.15) is 0 Å². The molecule has 0 aromatic carbocycles. The summed E-state index contributed by atoms with van der Waals surface area (Å²) in [7, 11) is 1.56. The smallest absolute Gasteiger partial charge is 0.356 e. The summed E-state index contributed by atoms with van der Waals surface area (Å²) in [4.78, 5) is 15.6. The molecule has 0 radical (unpaired) electrons. The minimum atomic E-state index is -1.01. The van der Waals surface area contributed by atoms with Crippen LogP contribution in [0.15, 0.2) is 18.3 Å². The first kappa shape index (κ1) is 12.0. The van der Waals surface area contributed by atoms with Gasteiger partial charge in [0, 0.05) is 24.7 Å². The van der Waals surface area contributed by atoms with Crippen molar-refractivity contribution in [3.8, 4) is 5.75 Å². The van der Waals surface area contributed by atoms with Gasteiger partial charge in [0.1, 0.15) is 11.6 Å². The van der Waals surface area contributed by atoms with E-state index >= 15 is 0 Å². The van der Waals surface area contributed by atoms with Crippen molar-refractivity contribution in [2.45, 2.75) is 12.3 Å². The second kappa shape index (κ2) is 4.55. The number of pyridine rings is 1. The number of hydrogen-bond donors (Lipinski definition) is 2. The number of carbonyl (C=O) groups is 1. The molecule has 1 atom stereocenters. The van der Waals surface area contributed by atoms with Crippen LogP contribution in [0.2, 0.25) is 0 Å². The number of fused-ring (bicyclic) bond motifs is 1. The van der Waals surface area contributed by atoms with Crippen molar-refractivity contribution in [2.75, 3.05) is 20.2 Å². The number of imidazole rings is 1. The Bertz CT molecular complexity index is 629. The third-order valence-electron chi connectivity index (χ3n) is 3.51. The standard InChI is InChI=1S/C13H15N3O3/c1-19-9-3-5-16-10(6-9)11(13(17)18)15-12(16)8-2-4-14-7-8/h3,5-6,8,14H,2,4,7H2,1H3,(H,17,18). The van der Waals surface area contributed by atoms with E-state index in [9.17, 15) is 9.90 Å². The van der Waals surface area contributed by atoms with E-state index in [1.165, 1.54) is 0 Å². The van der Waals surface area contributed by atoms with Crippen LogP contribution >= 0.6 is 0 Å². The quantitative estimate of drug-likeness (QED) is 0.865. The fourth-order valence-corrected chi connectivity index (χ4v) is 2.54. The average Bonchev–Trinajstić information content (AvgIpc) is 3.04. The van der Waals surface area contributed by atoms with Gasteiger partial charge in [-0.1, -0.05) is 0 Å². The van der Waals surface area contributed by atoms with Crippen LogP contribution in [0, 0.1) is 0 Å². The van der Waals surface area contributed by atoms with E-state index < -0.39 is 5.97 Å². The molecule has 100 valence electrons.